The van der Waals surface area contributed by atoms with Crippen molar-refractivity contribution >= 4 is 28.4 Å². The molecule has 1 aromatic carbocycles. The van der Waals surface area contributed by atoms with Crippen molar-refractivity contribution < 1.29 is 0 Å². The Kier molecular flexibility index (Phi) is 5.12. The number of aromatic nitrogens is 1. The van der Waals surface area contributed by atoms with Gasteiger partial charge in [-0.25, -0.2) is 4.98 Å². The molecule has 21 heavy (non-hydrogen) atoms. The summed E-state index contributed by atoms with van der Waals surface area (Å²) in [5.74, 6) is 0.506. The van der Waals surface area contributed by atoms with Gasteiger partial charge in [0.05, 0.1) is 5.69 Å². The van der Waals surface area contributed by atoms with E-state index >= 15 is 0 Å². The van der Waals surface area contributed by atoms with E-state index in [1.54, 1.807) is 11.3 Å². The minimum absolute atomic E-state index is 0.506. The van der Waals surface area contributed by atoms with E-state index < -0.39 is 0 Å². The van der Waals surface area contributed by atoms with Crippen molar-refractivity contribution in [3.05, 3.63) is 29.3 Å². The summed E-state index contributed by atoms with van der Waals surface area (Å²) in [6, 6.07) is 4.25. The summed E-state index contributed by atoms with van der Waals surface area (Å²) in [7, 11) is 1.94. The molecule has 4 heteroatoms. The van der Waals surface area contributed by atoms with E-state index in [2.05, 4.69) is 50.1 Å². The van der Waals surface area contributed by atoms with Crippen LogP contribution in [0.1, 0.15) is 32.8 Å². The second kappa shape index (κ2) is 6.85. The normalized spacial score (nSPS) is 13.3. The summed E-state index contributed by atoms with van der Waals surface area (Å²) in [4.78, 5) is 9.30. The zero-order valence-electron chi connectivity index (χ0n) is 13.4. The quantitative estimate of drug-likeness (QED) is 0.761. The van der Waals surface area contributed by atoms with Gasteiger partial charge >= 0.3 is 0 Å². The highest BCUT2D eigenvalue weighted by molar-refractivity contribution is 7.13. The monoisotopic (exact) mass is 301 g/mol. The van der Waals surface area contributed by atoms with E-state index in [0.29, 0.717) is 5.92 Å². The Morgan fingerprint density at radius 3 is 2.76 bits per heavy atom. The van der Waals surface area contributed by atoms with Crippen LogP contribution in [0.3, 0.4) is 0 Å². The number of hydrogen-bond donors (Lipinski definition) is 1. The second-order valence-corrected chi connectivity index (χ2v) is 6.21. The Bertz CT molecular complexity index is 630. The van der Waals surface area contributed by atoms with Gasteiger partial charge in [-0.15, -0.1) is 11.3 Å². The minimum Gasteiger partial charge on any atom is -0.388 e. The number of rotatable bonds is 5. The van der Waals surface area contributed by atoms with Crippen molar-refractivity contribution in [1.29, 1.82) is 0 Å². The van der Waals surface area contributed by atoms with Crippen molar-refractivity contribution in [1.82, 2.24) is 4.98 Å². The van der Waals surface area contributed by atoms with Gasteiger partial charge < -0.3 is 5.32 Å². The van der Waals surface area contributed by atoms with Crippen LogP contribution in [0.4, 0.5) is 11.4 Å². The maximum atomic E-state index is 4.86. The molecule has 0 aliphatic rings. The van der Waals surface area contributed by atoms with Crippen LogP contribution < -0.4 is 5.32 Å². The molecule has 2 rings (SSSR count). The lowest BCUT2D eigenvalue weighted by Gasteiger charge is -2.13. The fraction of sp³-hybridized carbons (Fsp3) is 0.412. The highest BCUT2D eigenvalue weighted by Gasteiger charge is 2.12. The predicted octanol–water partition coefficient (Wildman–Crippen LogP) is 5.30. The van der Waals surface area contributed by atoms with Crippen LogP contribution in [0, 0.1) is 12.8 Å². The number of anilines is 1. The van der Waals surface area contributed by atoms with Crippen molar-refractivity contribution in [3.8, 4) is 10.6 Å². The molecule has 1 aromatic heterocycles. The van der Waals surface area contributed by atoms with Crippen molar-refractivity contribution in [3.63, 3.8) is 0 Å². The average molecular weight is 301 g/mol. The first kappa shape index (κ1) is 15.7. The molecule has 3 nitrogen and oxygen atoms in total. The number of thiazole rings is 1. The highest BCUT2D eigenvalue weighted by atomic mass is 32.1. The van der Waals surface area contributed by atoms with Crippen LogP contribution in [0.15, 0.2) is 28.7 Å². The van der Waals surface area contributed by atoms with Crippen molar-refractivity contribution in [2.24, 2.45) is 10.9 Å². The summed E-state index contributed by atoms with van der Waals surface area (Å²) < 4.78 is 0. The first-order valence-corrected chi connectivity index (χ1v) is 8.22. The molecule has 0 aliphatic heterocycles. The maximum absolute atomic E-state index is 4.86. The predicted molar refractivity (Wildman–Crippen MR) is 94.1 cm³/mol. The Labute approximate surface area is 131 Å². The van der Waals surface area contributed by atoms with E-state index in [4.69, 9.17) is 4.99 Å². The smallest absolute Gasteiger partial charge is 0.123 e. The van der Waals surface area contributed by atoms with Crippen LogP contribution in [-0.4, -0.2) is 17.7 Å². The van der Waals surface area contributed by atoms with E-state index in [1.165, 1.54) is 11.3 Å². The fourth-order valence-electron chi connectivity index (χ4n) is 2.13. The van der Waals surface area contributed by atoms with Gasteiger partial charge in [0, 0.05) is 35.6 Å². The molecule has 1 atom stereocenters. The zero-order chi connectivity index (χ0) is 15.4. The molecule has 2 aromatic rings. The maximum Gasteiger partial charge on any atom is 0.123 e. The molecule has 0 fully saturated rings. The molecule has 0 bridgehead atoms. The molecule has 1 heterocycles. The van der Waals surface area contributed by atoms with E-state index in [9.17, 15) is 0 Å². The van der Waals surface area contributed by atoms with Gasteiger partial charge in [0.1, 0.15) is 5.01 Å². The number of hydrogen-bond acceptors (Lipinski definition) is 4. The van der Waals surface area contributed by atoms with Crippen LogP contribution >= 0.6 is 11.3 Å². The standard InChI is InChI=1S/C17H23N3S/c1-6-11(2)13(4)20-16-10-14(18-5)9-15(12(16)3)17-19-7-8-21-17/h7-11,18H,6H2,1-5H3/b20-13-. The molecule has 0 spiro atoms. The number of nitrogens with one attached hydrogen (secondary N) is 1. The van der Waals surface area contributed by atoms with Gasteiger partial charge in [-0.3, -0.25) is 4.99 Å². The second-order valence-electron chi connectivity index (χ2n) is 5.32. The highest BCUT2D eigenvalue weighted by Crippen LogP contribution is 2.35. The van der Waals surface area contributed by atoms with E-state index in [-0.39, 0.29) is 0 Å². The molecule has 1 N–H and O–H groups in total. The summed E-state index contributed by atoms with van der Waals surface area (Å²) in [6.07, 6.45) is 2.96. The molecule has 0 saturated carbocycles. The number of aliphatic imine (C=N–C) groups is 1. The summed E-state index contributed by atoms with van der Waals surface area (Å²) in [5, 5.41) is 6.27. The molecule has 0 saturated heterocycles. The molecular weight excluding hydrogens is 278 g/mol. The molecule has 112 valence electrons. The summed E-state index contributed by atoms with van der Waals surface area (Å²) >= 11 is 1.66. The largest absolute Gasteiger partial charge is 0.388 e. The molecule has 1 unspecified atom stereocenters. The lowest BCUT2D eigenvalue weighted by atomic mass is 10.0. The van der Waals surface area contributed by atoms with Crippen LogP contribution in [-0.2, 0) is 0 Å². The summed E-state index contributed by atoms with van der Waals surface area (Å²) in [6.45, 7) is 8.65. The van der Waals surface area contributed by atoms with Gasteiger partial charge in [-0.05, 0) is 43.9 Å². The first-order chi connectivity index (χ1) is 10.1. The van der Waals surface area contributed by atoms with Crippen LogP contribution in [0.25, 0.3) is 10.6 Å². The van der Waals surface area contributed by atoms with Crippen LogP contribution in [0.2, 0.25) is 0 Å². The third-order valence-corrected chi connectivity index (χ3v) is 4.76. The Balaban J connectivity index is 2.54. The average Bonchev–Trinajstić information content (AvgIpc) is 3.02. The van der Waals surface area contributed by atoms with E-state index in [0.717, 1.165) is 28.4 Å². The Morgan fingerprint density at radius 2 is 2.19 bits per heavy atom. The van der Waals surface area contributed by atoms with Gasteiger partial charge in [0.15, 0.2) is 0 Å². The van der Waals surface area contributed by atoms with Crippen LogP contribution in [0.5, 0.6) is 0 Å². The topological polar surface area (TPSA) is 37.3 Å². The third-order valence-electron chi connectivity index (χ3n) is 3.95. The number of nitrogens with zero attached hydrogens (tertiary/aromatic N) is 2. The minimum atomic E-state index is 0.506. The molecule has 0 aliphatic carbocycles. The molecule has 0 radical (unpaired) electrons. The summed E-state index contributed by atoms with van der Waals surface area (Å²) in [5.41, 5.74) is 5.63. The van der Waals surface area contributed by atoms with Gasteiger partial charge in [-0.1, -0.05) is 13.8 Å². The zero-order valence-corrected chi connectivity index (χ0v) is 14.2. The van der Waals surface area contributed by atoms with Gasteiger partial charge in [-0.2, -0.15) is 0 Å². The van der Waals surface area contributed by atoms with Gasteiger partial charge in [0.25, 0.3) is 0 Å². The lowest BCUT2D eigenvalue weighted by molar-refractivity contribution is 0.736. The number of benzene rings is 1. The SMILES string of the molecule is CCC(C)/C(C)=N\c1cc(NC)cc(-c2nccs2)c1C. The lowest BCUT2D eigenvalue weighted by Crippen LogP contribution is -2.05. The molecular formula is C17H23N3S. The Morgan fingerprint density at radius 1 is 1.43 bits per heavy atom. The van der Waals surface area contributed by atoms with Gasteiger partial charge in [0.2, 0.25) is 0 Å². The fourth-order valence-corrected chi connectivity index (χ4v) is 2.84. The first-order valence-electron chi connectivity index (χ1n) is 7.34. The third kappa shape index (κ3) is 3.50. The van der Waals surface area contributed by atoms with E-state index in [1.807, 2.05) is 18.6 Å². The van der Waals surface area contributed by atoms with Crippen molar-refractivity contribution in [2.75, 3.05) is 12.4 Å². The molecule has 0 amide bonds. The Hall–Kier alpha value is -1.68. The van der Waals surface area contributed by atoms with Crippen molar-refractivity contribution in [2.45, 2.75) is 34.1 Å².